The second-order valence-electron chi connectivity index (χ2n) is 6.40. The summed E-state index contributed by atoms with van der Waals surface area (Å²) in [6, 6.07) is 8.41. The Morgan fingerprint density at radius 2 is 1.82 bits per heavy atom. The standard InChI is InChI=1S/C18H28N2O2/c1-15(2)13-16-3-5-17(6-4-16)14-18(21)19-7-8-20-9-11-22-12-10-20/h3-6,15H,7-14H2,1-2H3,(H,19,21). The minimum Gasteiger partial charge on any atom is -0.379 e. The number of hydrogen-bond donors (Lipinski definition) is 1. The van der Waals surface area contributed by atoms with Gasteiger partial charge in [-0.2, -0.15) is 0 Å². The summed E-state index contributed by atoms with van der Waals surface area (Å²) in [5, 5.41) is 3.00. The highest BCUT2D eigenvalue weighted by molar-refractivity contribution is 5.78. The summed E-state index contributed by atoms with van der Waals surface area (Å²) in [4.78, 5) is 14.3. The van der Waals surface area contributed by atoms with Gasteiger partial charge in [-0.3, -0.25) is 9.69 Å². The Kier molecular flexibility index (Phi) is 6.87. The first-order valence-electron chi connectivity index (χ1n) is 8.28. The summed E-state index contributed by atoms with van der Waals surface area (Å²) < 4.78 is 5.31. The fraction of sp³-hybridized carbons (Fsp3) is 0.611. The third kappa shape index (κ3) is 6.16. The lowest BCUT2D eigenvalue weighted by Gasteiger charge is -2.26. The van der Waals surface area contributed by atoms with E-state index in [-0.39, 0.29) is 5.91 Å². The predicted octanol–water partition coefficient (Wildman–Crippen LogP) is 1.88. The van der Waals surface area contributed by atoms with Crippen molar-refractivity contribution in [2.75, 3.05) is 39.4 Å². The molecule has 0 spiro atoms. The van der Waals surface area contributed by atoms with Crippen molar-refractivity contribution in [2.24, 2.45) is 5.92 Å². The normalized spacial score (nSPS) is 16.0. The number of morpholine rings is 1. The van der Waals surface area contributed by atoms with Gasteiger partial charge >= 0.3 is 0 Å². The van der Waals surface area contributed by atoms with Crippen LogP contribution in [0.5, 0.6) is 0 Å². The van der Waals surface area contributed by atoms with Gasteiger partial charge in [-0.1, -0.05) is 38.1 Å². The number of hydrogen-bond acceptors (Lipinski definition) is 3. The third-order valence-corrected chi connectivity index (χ3v) is 3.89. The maximum atomic E-state index is 12.0. The maximum absolute atomic E-state index is 12.0. The molecule has 1 heterocycles. The van der Waals surface area contributed by atoms with Crippen molar-refractivity contribution < 1.29 is 9.53 Å². The molecule has 1 fully saturated rings. The zero-order chi connectivity index (χ0) is 15.8. The topological polar surface area (TPSA) is 41.6 Å². The van der Waals surface area contributed by atoms with Crippen molar-refractivity contribution in [2.45, 2.75) is 26.7 Å². The van der Waals surface area contributed by atoms with Crippen molar-refractivity contribution in [3.05, 3.63) is 35.4 Å². The number of ether oxygens (including phenoxy) is 1. The van der Waals surface area contributed by atoms with Crippen LogP contribution in [0.3, 0.4) is 0 Å². The van der Waals surface area contributed by atoms with Crippen LogP contribution >= 0.6 is 0 Å². The highest BCUT2D eigenvalue weighted by Gasteiger charge is 2.10. The van der Waals surface area contributed by atoms with Crippen molar-refractivity contribution in [3.63, 3.8) is 0 Å². The summed E-state index contributed by atoms with van der Waals surface area (Å²) >= 11 is 0. The van der Waals surface area contributed by atoms with Crippen molar-refractivity contribution in [1.29, 1.82) is 0 Å². The molecular weight excluding hydrogens is 276 g/mol. The molecule has 0 atom stereocenters. The van der Waals surface area contributed by atoms with E-state index in [1.54, 1.807) is 0 Å². The highest BCUT2D eigenvalue weighted by atomic mass is 16.5. The average Bonchev–Trinajstić information content (AvgIpc) is 2.50. The van der Waals surface area contributed by atoms with E-state index in [1.165, 1.54) is 5.56 Å². The molecular formula is C18H28N2O2. The number of amides is 1. The fourth-order valence-corrected chi connectivity index (χ4v) is 2.69. The van der Waals surface area contributed by atoms with Gasteiger partial charge in [0.2, 0.25) is 5.91 Å². The van der Waals surface area contributed by atoms with Gasteiger partial charge < -0.3 is 10.1 Å². The molecule has 1 amide bonds. The molecule has 1 aliphatic heterocycles. The molecule has 1 aliphatic rings. The van der Waals surface area contributed by atoms with Crippen molar-refractivity contribution >= 4 is 5.91 Å². The highest BCUT2D eigenvalue weighted by Crippen LogP contribution is 2.10. The van der Waals surface area contributed by atoms with Crippen LogP contribution in [-0.4, -0.2) is 50.2 Å². The molecule has 0 unspecified atom stereocenters. The molecule has 1 aromatic rings. The summed E-state index contributed by atoms with van der Waals surface area (Å²) in [7, 11) is 0. The molecule has 0 saturated carbocycles. The largest absolute Gasteiger partial charge is 0.379 e. The van der Waals surface area contributed by atoms with Crippen LogP contribution in [0.4, 0.5) is 0 Å². The zero-order valence-electron chi connectivity index (χ0n) is 13.8. The number of nitrogens with zero attached hydrogens (tertiary/aromatic N) is 1. The lowest BCUT2D eigenvalue weighted by atomic mass is 10.0. The van der Waals surface area contributed by atoms with E-state index in [0.717, 1.165) is 44.8 Å². The lowest BCUT2D eigenvalue weighted by Crippen LogP contribution is -2.41. The Bertz CT molecular complexity index is 451. The number of benzene rings is 1. The first-order valence-corrected chi connectivity index (χ1v) is 8.28. The third-order valence-electron chi connectivity index (χ3n) is 3.89. The quantitative estimate of drug-likeness (QED) is 0.836. The van der Waals surface area contributed by atoms with Gasteiger partial charge in [0.25, 0.3) is 0 Å². The van der Waals surface area contributed by atoms with Crippen molar-refractivity contribution in [1.82, 2.24) is 10.2 Å². The number of carbonyl (C=O) groups excluding carboxylic acids is 1. The molecule has 122 valence electrons. The molecule has 22 heavy (non-hydrogen) atoms. The molecule has 0 bridgehead atoms. The van der Waals surface area contributed by atoms with Crippen LogP contribution in [-0.2, 0) is 22.4 Å². The smallest absolute Gasteiger partial charge is 0.224 e. The Morgan fingerprint density at radius 3 is 2.45 bits per heavy atom. The van der Waals surface area contributed by atoms with Gasteiger partial charge in [0, 0.05) is 26.2 Å². The summed E-state index contributed by atoms with van der Waals surface area (Å²) in [5.74, 6) is 0.763. The summed E-state index contributed by atoms with van der Waals surface area (Å²) in [6.45, 7) is 9.59. The zero-order valence-corrected chi connectivity index (χ0v) is 13.8. The minimum absolute atomic E-state index is 0.102. The van der Waals surface area contributed by atoms with Crippen LogP contribution in [0.2, 0.25) is 0 Å². The van der Waals surface area contributed by atoms with Crippen LogP contribution in [0, 0.1) is 5.92 Å². The van der Waals surface area contributed by atoms with E-state index >= 15 is 0 Å². The van der Waals surface area contributed by atoms with E-state index in [2.05, 4.69) is 48.3 Å². The molecule has 0 aliphatic carbocycles. The second-order valence-corrected chi connectivity index (χ2v) is 6.40. The predicted molar refractivity (Wildman–Crippen MR) is 89.0 cm³/mol. The van der Waals surface area contributed by atoms with Crippen LogP contribution < -0.4 is 5.32 Å². The minimum atomic E-state index is 0.102. The summed E-state index contributed by atoms with van der Waals surface area (Å²) in [5.41, 5.74) is 2.42. The first-order chi connectivity index (χ1) is 10.6. The maximum Gasteiger partial charge on any atom is 0.224 e. The van der Waals surface area contributed by atoms with Gasteiger partial charge in [0.05, 0.1) is 19.6 Å². The fourth-order valence-electron chi connectivity index (χ4n) is 2.69. The van der Waals surface area contributed by atoms with Crippen LogP contribution in [0.1, 0.15) is 25.0 Å². The van der Waals surface area contributed by atoms with E-state index in [1.807, 2.05) is 0 Å². The van der Waals surface area contributed by atoms with Crippen LogP contribution in [0.25, 0.3) is 0 Å². The second kappa shape index (κ2) is 8.91. The van der Waals surface area contributed by atoms with Gasteiger partial charge in [-0.05, 0) is 23.5 Å². The molecule has 0 aromatic heterocycles. The molecule has 1 aromatic carbocycles. The Hall–Kier alpha value is -1.39. The number of carbonyl (C=O) groups is 1. The van der Waals surface area contributed by atoms with E-state index in [4.69, 9.17) is 4.74 Å². The van der Waals surface area contributed by atoms with E-state index < -0.39 is 0 Å². The molecule has 1 N–H and O–H groups in total. The Labute approximate surface area is 133 Å². The monoisotopic (exact) mass is 304 g/mol. The van der Waals surface area contributed by atoms with Crippen molar-refractivity contribution in [3.8, 4) is 0 Å². The molecule has 4 heteroatoms. The number of rotatable bonds is 7. The Morgan fingerprint density at radius 1 is 1.18 bits per heavy atom. The SMILES string of the molecule is CC(C)Cc1ccc(CC(=O)NCCN2CCOCC2)cc1. The van der Waals surface area contributed by atoms with Gasteiger partial charge in [0.1, 0.15) is 0 Å². The molecule has 2 rings (SSSR count). The first kappa shape index (κ1) is 17.0. The lowest BCUT2D eigenvalue weighted by molar-refractivity contribution is -0.120. The van der Waals surface area contributed by atoms with Gasteiger partial charge in [0.15, 0.2) is 0 Å². The summed E-state index contributed by atoms with van der Waals surface area (Å²) in [6.07, 6.45) is 1.55. The van der Waals surface area contributed by atoms with Crippen LogP contribution in [0.15, 0.2) is 24.3 Å². The molecule has 1 saturated heterocycles. The average molecular weight is 304 g/mol. The van der Waals surface area contributed by atoms with E-state index in [9.17, 15) is 4.79 Å². The molecule has 0 radical (unpaired) electrons. The van der Waals surface area contributed by atoms with Gasteiger partial charge in [-0.25, -0.2) is 0 Å². The Balaban J connectivity index is 1.67. The van der Waals surface area contributed by atoms with E-state index in [0.29, 0.717) is 18.9 Å². The number of nitrogens with one attached hydrogen (secondary N) is 1. The molecule has 4 nitrogen and oxygen atoms in total. The van der Waals surface area contributed by atoms with Gasteiger partial charge in [-0.15, -0.1) is 0 Å².